The molecule has 128 valence electrons. The van der Waals surface area contributed by atoms with Crippen molar-refractivity contribution in [3.8, 4) is 0 Å². The lowest BCUT2D eigenvalue weighted by atomic mass is 9.98. The van der Waals surface area contributed by atoms with Gasteiger partial charge in [0.05, 0.1) is 10.9 Å². The van der Waals surface area contributed by atoms with Crippen molar-refractivity contribution in [1.82, 2.24) is 5.32 Å². The standard InChI is InChI=1S/C22H23NOS/c1-3-10-19-15-20(25-16(19)2)22(24)23-21(17-11-6-4-7-12-17)18-13-8-5-9-14-18/h4-9,11-15,21H,3,10H2,1-2H3,(H,23,24). The number of carbonyl (C=O) groups excluding carboxylic acids is 1. The average Bonchev–Trinajstić information content (AvgIpc) is 3.02. The zero-order valence-electron chi connectivity index (χ0n) is 14.7. The number of carbonyl (C=O) groups is 1. The van der Waals surface area contributed by atoms with E-state index in [9.17, 15) is 4.79 Å². The molecule has 0 unspecified atom stereocenters. The molecule has 0 radical (unpaired) electrons. The van der Waals surface area contributed by atoms with Crippen LogP contribution in [0.2, 0.25) is 0 Å². The van der Waals surface area contributed by atoms with E-state index in [4.69, 9.17) is 0 Å². The molecule has 2 aromatic carbocycles. The maximum atomic E-state index is 12.9. The molecule has 0 saturated carbocycles. The van der Waals surface area contributed by atoms with Crippen molar-refractivity contribution < 1.29 is 4.79 Å². The third-order valence-corrected chi connectivity index (χ3v) is 5.40. The molecule has 1 amide bonds. The van der Waals surface area contributed by atoms with Crippen LogP contribution in [0, 0.1) is 6.92 Å². The van der Waals surface area contributed by atoms with Gasteiger partial charge in [0.2, 0.25) is 0 Å². The van der Waals surface area contributed by atoms with Crippen LogP contribution >= 0.6 is 11.3 Å². The molecule has 1 aromatic heterocycles. The minimum absolute atomic E-state index is 0.00633. The SMILES string of the molecule is CCCc1cc(C(=O)NC(c2ccccc2)c2ccccc2)sc1C. The highest BCUT2D eigenvalue weighted by Crippen LogP contribution is 2.26. The Balaban J connectivity index is 1.88. The summed E-state index contributed by atoms with van der Waals surface area (Å²) in [5.41, 5.74) is 3.46. The monoisotopic (exact) mass is 349 g/mol. The molecule has 0 aliphatic heterocycles. The highest BCUT2D eigenvalue weighted by atomic mass is 32.1. The lowest BCUT2D eigenvalue weighted by Crippen LogP contribution is -2.28. The zero-order chi connectivity index (χ0) is 17.6. The lowest BCUT2D eigenvalue weighted by Gasteiger charge is -2.19. The summed E-state index contributed by atoms with van der Waals surface area (Å²) >= 11 is 1.58. The van der Waals surface area contributed by atoms with E-state index < -0.39 is 0 Å². The first-order chi connectivity index (χ1) is 12.2. The molecule has 3 rings (SSSR count). The van der Waals surface area contributed by atoms with E-state index in [1.165, 1.54) is 10.4 Å². The van der Waals surface area contributed by atoms with Crippen LogP contribution in [-0.4, -0.2) is 5.91 Å². The van der Waals surface area contributed by atoms with Gasteiger partial charge in [0.25, 0.3) is 5.91 Å². The van der Waals surface area contributed by atoms with E-state index in [0.29, 0.717) is 0 Å². The van der Waals surface area contributed by atoms with Crippen molar-refractivity contribution in [3.05, 3.63) is 93.2 Å². The Kier molecular flexibility index (Phi) is 5.67. The third-order valence-electron chi connectivity index (χ3n) is 4.30. The number of thiophene rings is 1. The minimum atomic E-state index is -0.146. The van der Waals surface area contributed by atoms with Crippen molar-refractivity contribution in [2.75, 3.05) is 0 Å². The molecule has 1 heterocycles. The van der Waals surface area contributed by atoms with Gasteiger partial charge in [-0.05, 0) is 36.1 Å². The molecule has 0 atom stereocenters. The Labute approximate surface area is 153 Å². The Morgan fingerprint density at radius 2 is 1.56 bits per heavy atom. The molecule has 3 aromatic rings. The third kappa shape index (κ3) is 4.18. The van der Waals surface area contributed by atoms with Gasteiger partial charge in [-0.3, -0.25) is 4.79 Å². The maximum absolute atomic E-state index is 12.9. The number of benzene rings is 2. The normalized spacial score (nSPS) is 10.8. The van der Waals surface area contributed by atoms with Gasteiger partial charge in [0.1, 0.15) is 0 Å². The Hall–Kier alpha value is -2.39. The molecule has 2 nitrogen and oxygen atoms in total. The van der Waals surface area contributed by atoms with Crippen molar-refractivity contribution in [2.24, 2.45) is 0 Å². The summed E-state index contributed by atoms with van der Waals surface area (Å²) in [6.07, 6.45) is 2.12. The largest absolute Gasteiger partial charge is 0.340 e. The smallest absolute Gasteiger partial charge is 0.262 e. The van der Waals surface area contributed by atoms with Crippen molar-refractivity contribution >= 4 is 17.2 Å². The first-order valence-corrected chi connectivity index (χ1v) is 9.50. The van der Waals surface area contributed by atoms with Gasteiger partial charge in [-0.15, -0.1) is 11.3 Å². The number of aryl methyl sites for hydroxylation is 2. The summed E-state index contributed by atoms with van der Waals surface area (Å²) < 4.78 is 0. The molecular weight excluding hydrogens is 326 g/mol. The first-order valence-electron chi connectivity index (χ1n) is 8.69. The number of hydrogen-bond donors (Lipinski definition) is 1. The second kappa shape index (κ2) is 8.13. The topological polar surface area (TPSA) is 29.1 Å². The molecule has 25 heavy (non-hydrogen) atoms. The quantitative estimate of drug-likeness (QED) is 0.623. The fourth-order valence-electron chi connectivity index (χ4n) is 3.00. The van der Waals surface area contributed by atoms with Crippen LogP contribution in [0.5, 0.6) is 0 Å². The van der Waals surface area contributed by atoms with Crippen LogP contribution in [0.1, 0.15) is 50.6 Å². The van der Waals surface area contributed by atoms with E-state index in [1.54, 1.807) is 11.3 Å². The molecule has 1 N–H and O–H groups in total. The molecule has 0 saturated heterocycles. The Morgan fingerprint density at radius 1 is 1.00 bits per heavy atom. The summed E-state index contributed by atoms with van der Waals surface area (Å²) in [4.78, 5) is 14.9. The van der Waals surface area contributed by atoms with Gasteiger partial charge in [-0.25, -0.2) is 0 Å². The van der Waals surface area contributed by atoms with Gasteiger partial charge in [-0.2, -0.15) is 0 Å². The summed E-state index contributed by atoms with van der Waals surface area (Å²) in [6.45, 7) is 4.26. The van der Waals surface area contributed by atoms with Crippen LogP contribution in [0.25, 0.3) is 0 Å². The summed E-state index contributed by atoms with van der Waals surface area (Å²) in [5, 5.41) is 3.22. The highest BCUT2D eigenvalue weighted by molar-refractivity contribution is 7.14. The van der Waals surface area contributed by atoms with Crippen LogP contribution in [0.15, 0.2) is 66.7 Å². The van der Waals surface area contributed by atoms with Crippen molar-refractivity contribution in [1.29, 1.82) is 0 Å². The molecule has 0 bridgehead atoms. The van der Waals surface area contributed by atoms with E-state index in [0.717, 1.165) is 28.8 Å². The summed E-state index contributed by atoms with van der Waals surface area (Å²) in [6, 6.07) is 22.1. The number of amides is 1. The molecule has 3 heteroatoms. The predicted molar refractivity (Wildman–Crippen MR) is 105 cm³/mol. The van der Waals surface area contributed by atoms with Crippen molar-refractivity contribution in [3.63, 3.8) is 0 Å². The van der Waals surface area contributed by atoms with Crippen LogP contribution in [0.4, 0.5) is 0 Å². The fraction of sp³-hybridized carbons (Fsp3) is 0.227. The predicted octanol–water partition coefficient (Wildman–Crippen LogP) is 5.53. The number of rotatable bonds is 6. The molecular formula is C22H23NOS. The number of hydrogen-bond acceptors (Lipinski definition) is 2. The minimum Gasteiger partial charge on any atom is -0.340 e. The Morgan fingerprint density at radius 3 is 2.08 bits per heavy atom. The maximum Gasteiger partial charge on any atom is 0.262 e. The van der Waals surface area contributed by atoms with Gasteiger partial charge in [-0.1, -0.05) is 74.0 Å². The average molecular weight is 349 g/mol. The lowest BCUT2D eigenvalue weighted by molar-refractivity contribution is 0.0947. The zero-order valence-corrected chi connectivity index (χ0v) is 15.5. The number of nitrogens with one attached hydrogen (secondary N) is 1. The highest BCUT2D eigenvalue weighted by Gasteiger charge is 2.19. The van der Waals surface area contributed by atoms with Gasteiger partial charge in [0.15, 0.2) is 0 Å². The molecule has 0 fully saturated rings. The van der Waals surface area contributed by atoms with Crippen LogP contribution < -0.4 is 5.32 Å². The Bertz CT molecular complexity index is 784. The summed E-state index contributed by atoms with van der Waals surface area (Å²) in [5.74, 6) is -0.00633. The van der Waals surface area contributed by atoms with Gasteiger partial charge in [0, 0.05) is 4.88 Å². The fourth-order valence-corrected chi connectivity index (χ4v) is 3.98. The van der Waals surface area contributed by atoms with Crippen LogP contribution in [0.3, 0.4) is 0 Å². The van der Waals surface area contributed by atoms with Gasteiger partial charge < -0.3 is 5.32 Å². The van der Waals surface area contributed by atoms with Crippen LogP contribution in [-0.2, 0) is 6.42 Å². The second-order valence-corrected chi connectivity index (χ2v) is 7.43. The van der Waals surface area contributed by atoms with E-state index in [2.05, 4.69) is 43.4 Å². The van der Waals surface area contributed by atoms with E-state index in [-0.39, 0.29) is 11.9 Å². The van der Waals surface area contributed by atoms with Crippen molar-refractivity contribution in [2.45, 2.75) is 32.7 Å². The second-order valence-electron chi connectivity index (χ2n) is 6.17. The molecule has 0 aliphatic carbocycles. The molecule has 0 spiro atoms. The van der Waals surface area contributed by atoms with Gasteiger partial charge >= 0.3 is 0 Å². The van der Waals surface area contributed by atoms with E-state index in [1.807, 2.05) is 42.5 Å². The molecule has 0 aliphatic rings. The first kappa shape index (κ1) is 17.4. The van der Waals surface area contributed by atoms with E-state index >= 15 is 0 Å². The summed E-state index contributed by atoms with van der Waals surface area (Å²) in [7, 11) is 0.